The standard InChI is InChI=1S/C13H21N3O2S/c1-4-6-10-15-11(14-7-5-2)8-12(16-10)19-9-13(17)18-3/h8H,4-7,9H2,1-3H3,(H,14,15,16). The van der Waals surface area contributed by atoms with Crippen molar-refractivity contribution in [2.45, 2.75) is 38.1 Å². The number of hydrogen-bond acceptors (Lipinski definition) is 6. The predicted molar refractivity (Wildman–Crippen MR) is 77.5 cm³/mol. The van der Waals surface area contributed by atoms with E-state index in [2.05, 4.69) is 33.9 Å². The van der Waals surface area contributed by atoms with E-state index in [4.69, 9.17) is 0 Å². The van der Waals surface area contributed by atoms with Crippen LogP contribution < -0.4 is 5.32 Å². The number of rotatable bonds is 8. The molecule has 0 aliphatic rings. The smallest absolute Gasteiger partial charge is 0.316 e. The number of hydrogen-bond donors (Lipinski definition) is 1. The third-order valence-electron chi connectivity index (χ3n) is 2.34. The molecule has 0 aliphatic heterocycles. The summed E-state index contributed by atoms with van der Waals surface area (Å²) < 4.78 is 4.63. The summed E-state index contributed by atoms with van der Waals surface area (Å²) >= 11 is 1.38. The van der Waals surface area contributed by atoms with Gasteiger partial charge in [0.2, 0.25) is 0 Å². The fraction of sp³-hybridized carbons (Fsp3) is 0.615. The summed E-state index contributed by atoms with van der Waals surface area (Å²) in [4.78, 5) is 20.0. The fourth-order valence-electron chi connectivity index (χ4n) is 1.42. The Bertz CT molecular complexity index is 413. The van der Waals surface area contributed by atoms with Crippen LogP contribution in [-0.4, -0.2) is 35.3 Å². The second-order valence-corrected chi connectivity index (χ2v) is 5.04. The summed E-state index contributed by atoms with van der Waals surface area (Å²) in [5.74, 6) is 1.67. The van der Waals surface area contributed by atoms with Gasteiger partial charge in [0.05, 0.1) is 12.9 Å². The van der Waals surface area contributed by atoms with Gasteiger partial charge in [0, 0.05) is 19.0 Å². The van der Waals surface area contributed by atoms with Gasteiger partial charge >= 0.3 is 5.97 Å². The van der Waals surface area contributed by atoms with Crippen LogP contribution in [0.15, 0.2) is 11.1 Å². The van der Waals surface area contributed by atoms with Crippen molar-refractivity contribution in [1.82, 2.24) is 9.97 Å². The van der Waals surface area contributed by atoms with Crippen molar-refractivity contribution < 1.29 is 9.53 Å². The molecule has 0 atom stereocenters. The van der Waals surface area contributed by atoms with E-state index in [0.717, 1.165) is 42.5 Å². The molecule has 0 saturated heterocycles. The summed E-state index contributed by atoms with van der Waals surface area (Å²) in [5, 5.41) is 4.06. The highest BCUT2D eigenvalue weighted by Crippen LogP contribution is 2.19. The Hall–Kier alpha value is -1.30. The molecule has 19 heavy (non-hydrogen) atoms. The molecule has 5 nitrogen and oxygen atoms in total. The van der Waals surface area contributed by atoms with Gasteiger partial charge in [-0.15, -0.1) is 0 Å². The number of carbonyl (C=O) groups excluding carboxylic acids is 1. The van der Waals surface area contributed by atoms with Crippen LogP contribution in [0.1, 0.15) is 32.5 Å². The first-order valence-electron chi connectivity index (χ1n) is 6.51. The minimum Gasteiger partial charge on any atom is -0.468 e. The van der Waals surface area contributed by atoms with Crippen LogP contribution in [0, 0.1) is 0 Å². The number of nitrogens with zero attached hydrogens (tertiary/aromatic N) is 2. The Labute approximate surface area is 118 Å². The molecular formula is C13H21N3O2S. The van der Waals surface area contributed by atoms with E-state index >= 15 is 0 Å². The van der Waals surface area contributed by atoms with Gasteiger partial charge in [0.25, 0.3) is 0 Å². The largest absolute Gasteiger partial charge is 0.468 e. The van der Waals surface area contributed by atoms with E-state index in [1.807, 2.05) is 6.07 Å². The number of aryl methyl sites for hydroxylation is 1. The zero-order valence-electron chi connectivity index (χ0n) is 11.7. The quantitative estimate of drug-likeness (QED) is 0.449. The highest BCUT2D eigenvalue weighted by molar-refractivity contribution is 7.99. The Kier molecular flexibility index (Phi) is 7.25. The lowest BCUT2D eigenvalue weighted by Gasteiger charge is -2.08. The zero-order valence-corrected chi connectivity index (χ0v) is 12.5. The van der Waals surface area contributed by atoms with Gasteiger partial charge < -0.3 is 10.1 Å². The highest BCUT2D eigenvalue weighted by atomic mass is 32.2. The summed E-state index contributed by atoms with van der Waals surface area (Å²) in [7, 11) is 1.39. The zero-order chi connectivity index (χ0) is 14.1. The van der Waals surface area contributed by atoms with Crippen molar-refractivity contribution in [3.8, 4) is 0 Å². The Morgan fingerprint density at radius 3 is 2.79 bits per heavy atom. The number of aromatic nitrogens is 2. The van der Waals surface area contributed by atoms with Gasteiger partial charge in [-0.3, -0.25) is 4.79 Å². The van der Waals surface area contributed by atoms with Crippen molar-refractivity contribution in [3.05, 3.63) is 11.9 Å². The first-order valence-corrected chi connectivity index (χ1v) is 7.49. The molecule has 0 aromatic carbocycles. The van der Waals surface area contributed by atoms with Crippen LogP contribution in [-0.2, 0) is 16.0 Å². The number of methoxy groups -OCH3 is 1. The lowest BCUT2D eigenvalue weighted by atomic mass is 10.3. The number of nitrogens with one attached hydrogen (secondary N) is 1. The van der Waals surface area contributed by atoms with E-state index < -0.39 is 0 Å². The molecule has 1 N–H and O–H groups in total. The first kappa shape index (κ1) is 15.8. The molecule has 106 valence electrons. The van der Waals surface area contributed by atoms with Gasteiger partial charge in [-0.1, -0.05) is 25.6 Å². The lowest BCUT2D eigenvalue weighted by Crippen LogP contribution is -2.07. The molecule has 0 spiro atoms. The molecule has 1 aromatic rings. The Morgan fingerprint density at radius 2 is 2.16 bits per heavy atom. The lowest BCUT2D eigenvalue weighted by molar-refractivity contribution is -0.137. The highest BCUT2D eigenvalue weighted by Gasteiger charge is 2.07. The number of ether oxygens (including phenoxy) is 1. The third-order valence-corrected chi connectivity index (χ3v) is 3.23. The minimum atomic E-state index is -0.247. The topological polar surface area (TPSA) is 64.1 Å². The molecule has 0 saturated carbocycles. The van der Waals surface area contributed by atoms with Crippen molar-refractivity contribution in [3.63, 3.8) is 0 Å². The first-order chi connectivity index (χ1) is 9.19. The minimum absolute atomic E-state index is 0.247. The van der Waals surface area contributed by atoms with Crippen molar-refractivity contribution in [2.75, 3.05) is 24.7 Å². The normalized spacial score (nSPS) is 10.3. The van der Waals surface area contributed by atoms with Gasteiger partial charge in [-0.25, -0.2) is 9.97 Å². The SMILES string of the molecule is CCCNc1cc(SCC(=O)OC)nc(CCC)n1. The average Bonchev–Trinajstić information content (AvgIpc) is 2.42. The molecule has 1 rings (SSSR count). The molecule has 0 aliphatic carbocycles. The van der Waals surface area contributed by atoms with E-state index in [0.29, 0.717) is 0 Å². The molecule has 0 radical (unpaired) electrons. The van der Waals surface area contributed by atoms with Gasteiger partial charge in [-0.2, -0.15) is 0 Å². The molecule has 1 heterocycles. The van der Waals surface area contributed by atoms with Gasteiger partial charge in [0.1, 0.15) is 16.7 Å². The van der Waals surface area contributed by atoms with E-state index in [-0.39, 0.29) is 11.7 Å². The second kappa shape index (κ2) is 8.74. The molecule has 0 amide bonds. The number of thioether (sulfide) groups is 1. The predicted octanol–water partition coefficient (Wildman–Crippen LogP) is 2.52. The summed E-state index contributed by atoms with van der Waals surface area (Å²) in [6, 6.07) is 1.88. The summed E-state index contributed by atoms with van der Waals surface area (Å²) in [5.41, 5.74) is 0. The molecule has 0 fully saturated rings. The maximum Gasteiger partial charge on any atom is 0.316 e. The molecular weight excluding hydrogens is 262 g/mol. The van der Waals surface area contributed by atoms with E-state index in [1.54, 1.807) is 0 Å². The Morgan fingerprint density at radius 1 is 1.37 bits per heavy atom. The van der Waals surface area contributed by atoms with Crippen molar-refractivity contribution in [2.24, 2.45) is 0 Å². The van der Waals surface area contributed by atoms with Crippen LogP contribution >= 0.6 is 11.8 Å². The summed E-state index contributed by atoms with van der Waals surface area (Å²) in [6.45, 7) is 5.08. The number of carbonyl (C=O) groups is 1. The van der Waals surface area contributed by atoms with E-state index in [9.17, 15) is 4.79 Å². The number of anilines is 1. The molecule has 0 unspecified atom stereocenters. The van der Waals surface area contributed by atoms with Crippen LogP contribution in [0.2, 0.25) is 0 Å². The van der Waals surface area contributed by atoms with Crippen LogP contribution in [0.5, 0.6) is 0 Å². The van der Waals surface area contributed by atoms with Crippen molar-refractivity contribution >= 4 is 23.5 Å². The van der Waals surface area contributed by atoms with Crippen LogP contribution in [0.4, 0.5) is 5.82 Å². The van der Waals surface area contributed by atoms with Crippen LogP contribution in [0.3, 0.4) is 0 Å². The summed E-state index contributed by atoms with van der Waals surface area (Å²) in [6.07, 6.45) is 2.88. The fourth-order valence-corrected chi connectivity index (χ4v) is 2.17. The maximum atomic E-state index is 11.2. The van der Waals surface area contributed by atoms with Gasteiger partial charge in [-0.05, 0) is 12.8 Å². The molecule has 1 aromatic heterocycles. The maximum absolute atomic E-state index is 11.2. The average molecular weight is 283 g/mol. The van der Waals surface area contributed by atoms with Crippen LogP contribution in [0.25, 0.3) is 0 Å². The van der Waals surface area contributed by atoms with Gasteiger partial charge in [0.15, 0.2) is 0 Å². The molecule has 6 heteroatoms. The number of esters is 1. The van der Waals surface area contributed by atoms with E-state index in [1.165, 1.54) is 18.9 Å². The monoisotopic (exact) mass is 283 g/mol. The third kappa shape index (κ3) is 5.92. The molecule has 0 bridgehead atoms. The Balaban J connectivity index is 2.76. The second-order valence-electron chi connectivity index (χ2n) is 4.05. The van der Waals surface area contributed by atoms with Crippen molar-refractivity contribution in [1.29, 1.82) is 0 Å².